The second-order valence-corrected chi connectivity index (χ2v) is 5.27. The minimum Gasteiger partial charge on any atom is -0.378 e. The van der Waals surface area contributed by atoms with Gasteiger partial charge in [0.05, 0.1) is 0 Å². The van der Waals surface area contributed by atoms with E-state index in [0.717, 1.165) is 33.0 Å². The molecule has 19 heavy (non-hydrogen) atoms. The van der Waals surface area contributed by atoms with Crippen LogP contribution in [0.5, 0.6) is 0 Å². The van der Waals surface area contributed by atoms with Gasteiger partial charge in [-0.05, 0) is 6.07 Å². The zero-order chi connectivity index (χ0) is 15.1. The maximum atomic E-state index is 13.8. The van der Waals surface area contributed by atoms with E-state index in [1.165, 1.54) is 12.3 Å². The lowest BCUT2D eigenvalue weighted by Gasteiger charge is -2.45. The molecule has 0 aromatic carbocycles. The molecule has 1 N–H and O–H groups in total. The smallest absolute Gasteiger partial charge is 0.378 e. The second-order valence-electron chi connectivity index (χ2n) is 5.27. The summed E-state index contributed by atoms with van der Waals surface area (Å²) in [6, 6.07) is 2.19. The number of nitrogens with zero attached hydrogens (tertiary/aromatic N) is 1. The third-order valence-electron chi connectivity index (χ3n) is 2.98. The lowest BCUT2D eigenvalue weighted by atomic mass is 9.68. The van der Waals surface area contributed by atoms with Crippen LogP contribution in [0.25, 0.3) is 0 Å². The Balaban J connectivity index is 3.57. The standard InChI is InChI=1S/C12H14F5NO/c1-9(2,3)10(19,8-5-4-6-18-7-8)11(13,14)12(15,16)17/h4-7,19H,1-3H3. The van der Waals surface area contributed by atoms with Gasteiger partial charge in [0.25, 0.3) is 0 Å². The number of aromatic nitrogens is 1. The van der Waals surface area contributed by atoms with E-state index >= 15 is 0 Å². The summed E-state index contributed by atoms with van der Waals surface area (Å²) >= 11 is 0. The first-order chi connectivity index (χ1) is 8.36. The van der Waals surface area contributed by atoms with Crippen molar-refractivity contribution < 1.29 is 27.1 Å². The highest BCUT2D eigenvalue weighted by molar-refractivity contribution is 5.26. The molecule has 7 heteroatoms. The minimum absolute atomic E-state index is 0.579. The molecule has 0 saturated heterocycles. The molecule has 0 spiro atoms. The Hall–Kier alpha value is -1.24. The Kier molecular flexibility index (Phi) is 3.66. The first kappa shape index (κ1) is 15.8. The highest BCUT2D eigenvalue weighted by atomic mass is 19.4. The zero-order valence-corrected chi connectivity index (χ0v) is 10.6. The van der Waals surface area contributed by atoms with Crippen LogP contribution in [0.15, 0.2) is 24.5 Å². The molecule has 1 aromatic rings. The van der Waals surface area contributed by atoms with Crippen LogP contribution < -0.4 is 0 Å². The molecule has 1 aromatic heterocycles. The molecule has 1 heterocycles. The van der Waals surface area contributed by atoms with Crippen LogP contribution in [-0.2, 0) is 5.60 Å². The fraction of sp³-hybridized carbons (Fsp3) is 0.583. The molecular formula is C12H14F5NO. The van der Waals surface area contributed by atoms with Gasteiger partial charge in [-0.2, -0.15) is 22.0 Å². The first-order valence-electron chi connectivity index (χ1n) is 5.43. The van der Waals surface area contributed by atoms with Crippen molar-refractivity contribution in [2.75, 3.05) is 0 Å². The molecule has 1 rings (SSSR count). The van der Waals surface area contributed by atoms with Crippen LogP contribution in [0.1, 0.15) is 26.3 Å². The Bertz CT molecular complexity index is 438. The SMILES string of the molecule is CC(C)(C)C(O)(c1cccnc1)C(F)(F)C(F)(F)F. The molecule has 108 valence electrons. The largest absolute Gasteiger partial charge is 0.456 e. The van der Waals surface area contributed by atoms with Gasteiger partial charge in [-0.3, -0.25) is 4.98 Å². The second kappa shape index (κ2) is 4.40. The summed E-state index contributed by atoms with van der Waals surface area (Å²) in [6.07, 6.45) is -3.84. The number of aliphatic hydroxyl groups is 1. The summed E-state index contributed by atoms with van der Waals surface area (Å²) in [6.45, 7) is 3.33. The predicted molar refractivity (Wildman–Crippen MR) is 58.6 cm³/mol. The summed E-state index contributed by atoms with van der Waals surface area (Å²) < 4.78 is 65.4. The molecule has 0 amide bonds. The Morgan fingerprint density at radius 3 is 1.89 bits per heavy atom. The molecule has 0 fully saturated rings. The van der Waals surface area contributed by atoms with Crippen LogP contribution in [0.4, 0.5) is 22.0 Å². The Morgan fingerprint density at radius 1 is 1.05 bits per heavy atom. The number of hydrogen-bond donors (Lipinski definition) is 1. The summed E-state index contributed by atoms with van der Waals surface area (Å²) in [7, 11) is 0. The molecule has 0 aliphatic carbocycles. The first-order valence-corrected chi connectivity index (χ1v) is 5.43. The lowest BCUT2D eigenvalue weighted by Crippen LogP contribution is -2.61. The van der Waals surface area contributed by atoms with Gasteiger partial charge in [-0.15, -0.1) is 0 Å². The van der Waals surface area contributed by atoms with Crippen LogP contribution in [0, 0.1) is 5.41 Å². The number of rotatable bonds is 2. The van der Waals surface area contributed by atoms with Crippen molar-refractivity contribution in [2.24, 2.45) is 5.41 Å². The van der Waals surface area contributed by atoms with Crippen LogP contribution in [-0.4, -0.2) is 22.2 Å². The average Bonchev–Trinajstić information content (AvgIpc) is 2.25. The number of hydrogen-bond acceptors (Lipinski definition) is 2. The topological polar surface area (TPSA) is 33.1 Å². The highest BCUT2D eigenvalue weighted by Gasteiger charge is 2.73. The molecule has 1 unspecified atom stereocenters. The van der Waals surface area contributed by atoms with Gasteiger partial charge in [0.1, 0.15) is 0 Å². The summed E-state index contributed by atoms with van der Waals surface area (Å²) in [4.78, 5) is 3.50. The number of alkyl halides is 5. The van der Waals surface area contributed by atoms with E-state index in [9.17, 15) is 27.1 Å². The van der Waals surface area contributed by atoms with E-state index in [-0.39, 0.29) is 0 Å². The van der Waals surface area contributed by atoms with E-state index in [4.69, 9.17) is 0 Å². The summed E-state index contributed by atoms with van der Waals surface area (Å²) in [5, 5.41) is 10.2. The monoisotopic (exact) mass is 283 g/mol. The fourth-order valence-electron chi connectivity index (χ4n) is 1.87. The predicted octanol–water partition coefficient (Wildman–Crippen LogP) is 3.51. The molecule has 2 nitrogen and oxygen atoms in total. The third kappa shape index (κ3) is 2.31. The summed E-state index contributed by atoms with van der Waals surface area (Å²) in [5.41, 5.74) is -5.74. The van der Waals surface area contributed by atoms with Gasteiger partial charge < -0.3 is 5.11 Å². The molecule has 0 aliphatic heterocycles. The van der Waals surface area contributed by atoms with E-state index in [1.54, 1.807) is 0 Å². The van der Waals surface area contributed by atoms with Crippen molar-refractivity contribution >= 4 is 0 Å². The fourth-order valence-corrected chi connectivity index (χ4v) is 1.87. The third-order valence-corrected chi connectivity index (χ3v) is 2.98. The highest BCUT2D eigenvalue weighted by Crippen LogP contribution is 2.55. The van der Waals surface area contributed by atoms with Gasteiger partial charge in [0, 0.05) is 23.4 Å². The van der Waals surface area contributed by atoms with E-state index in [2.05, 4.69) is 4.98 Å². The minimum atomic E-state index is -5.87. The van der Waals surface area contributed by atoms with Gasteiger partial charge in [-0.1, -0.05) is 26.8 Å². The van der Waals surface area contributed by atoms with Gasteiger partial charge in [0.2, 0.25) is 0 Å². The van der Waals surface area contributed by atoms with E-state index in [1.807, 2.05) is 0 Å². The molecular weight excluding hydrogens is 269 g/mol. The normalized spacial score (nSPS) is 17.1. The lowest BCUT2D eigenvalue weighted by molar-refractivity contribution is -0.366. The van der Waals surface area contributed by atoms with Crippen molar-refractivity contribution in [3.8, 4) is 0 Å². The summed E-state index contributed by atoms with van der Waals surface area (Å²) in [5.74, 6) is -5.30. The maximum absolute atomic E-state index is 13.8. The molecule has 1 atom stereocenters. The van der Waals surface area contributed by atoms with Crippen LogP contribution in [0.2, 0.25) is 0 Å². The average molecular weight is 283 g/mol. The Labute approximate surface area is 107 Å². The molecule has 0 aliphatic rings. The Morgan fingerprint density at radius 2 is 1.58 bits per heavy atom. The van der Waals surface area contributed by atoms with E-state index in [0.29, 0.717) is 0 Å². The van der Waals surface area contributed by atoms with Gasteiger partial charge in [-0.25, -0.2) is 0 Å². The maximum Gasteiger partial charge on any atom is 0.456 e. The van der Waals surface area contributed by atoms with Gasteiger partial charge in [0.15, 0.2) is 5.60 Å². The molecule has 0 saturated carbocycles. The van der Waals surface area contributed by atoms with Crippen molar-refractivity contribution in [1.29, 1.82) is 0 Å². The zero-order valence-electron chi connectivity index (χ0n) is 10.6. The van der Waals surface area contributed by atoms with Gasteiger partial charge >= 0.3 is 12.1 Å². The van der Waals surface area contributed by atoms with Crippen molar-refractivity contribution in [3.63, 3.8) is 0 Å². The number of halogens is 5. The van der Waals surface area contributed by atoms with Crippen LogP contribution in [0.3, 0.4) is 0 Å². The molecule has 0 bridgehead atoms. The van der Waals surface area contributed by atoms with Crippen molar-refractivity contribution in [1.82, 2.24) is 4.98 Å². The molecule has 0 radical (unpaired) electrons. The van der Waals surface area contributed by atoms with Crippen molar-refractivity contribution in [2.45, 2.75) is 38.5 Å². The van der Waals surface area contributed by atoms with E-state index < -0.39 is 28.7 Å². The van der Waals surface area contributed by atoms with Crippen LogP contribution >= 0.6 is 0 Å². The quantitative estimate of drug-likeness (QED) is 0.842. The number of pyridine rings is 1. The van der Waals surface area contributed by atoms with Crippen molar-refractivity contribution in [3.05, 3.63) is 30.1 Å².